The second-order valence-corrected chi connectivity index (χ2v) is 3.90. The molecule has 2 saturated heterocycles. The van der Waals surface area contributed by atoms with Crippen LogP contribution in [0.2, 0.25) is 0 Å². The second-order valence-electron chi connectivity index (χ2n) is 3.90. The lowest BCUT2D eigenvalue weighted by atomic mass is 10.0. The molecule has 0 aromatic heterocycles. The summed E-state index contributed by atoms with van der Waals surface area (Å²) in [6, 6.07) is 0. The fourth-order valence-corrected chi connectivity index (χ4v) is 1.87. The molecule has 0 radical (unpaired) electrons. The number of hydrogen-bond acceptors (Lipinski definition) is 4. The topological polar surface area (TPSA) is 63.7 Å². The lowest BCUT2D eigenvalue weighted by Crippen LogP contribution is -2.37. The Balaban J connectivity index is 1.93. The fraction of sp³-hybridized carbons (Fsp3) is 0.700. The van der Waals surface area contributed by atoms with Crippen molar-refractivity contribution >= 4 is 17.6 Å². The molecule has 0 saturated carbocycles. The molecule has 2 amide bonds. The van der Waals surface area contributed by atoms with E-state index in [0.29, 0.717) is 19.6 Å². The van der Waals surface area contributed by atoms with E-state index in [1.54, 1.807) is 0 Å². The molecule has 2 rings (SSSR count). The summed E-state index contributed by atoms with van der Waals surface area (Å²) in [6.07, 6.45) is 1.19. The van der Waals surface area contributed by atoms with E-state index < -0.39 is 0 Å². The third-order valence-electron chi connectivity index (χ3n) is 2.85. The highest BCUT2D eigenvalue weighted by molar-refractivity contribution is 6.04. The molecule has 2 fully saturated rings. The number of nitrogens with zero attached hydrogens (tertiary/aromatic N) is 1. The minimum Gasteiger partial charge on any atom is -0.381 e. The SMILES string of the molecule is O=C(CN1C(=O)CCC1=O)C1CCOC1. The Bertz CT molecular complexity index is 291. The van der Waals surface area contributed by atoms with Crippen LogP contribution in [-0.4, -0.2) is 42.3 Å². The summed E-state index contributed by atoms with van der Waals surface area (Å²) in [5, 5.41) is 0. The zero-order valence-electron chi connectivity index (χ0n) is 8.40. The van der Waals surface area contributed by atoms with Crippen LogP contribution in [0.1, 0.15) is 19.3 Å². The molecule has 0 N–H and O–H groups in total. The van der Waals surface area contributed by atoms with Crippen LogP contribution >= 0.6 is 0 Å². The molecule has 82 valence electrons. The monoisotopic (exact) mass is 211 g/mol. The maximum atomic E-state index is 11.7. The van der Waals surface area contributed by atoms with Gasteiger partial charge in [0.1, 0.15) is 0 Å². The van der Waals surface area contributed by atoms with Crippen molar-refractivity contribution in [2.75, 3.05) is 19.8 Å². The van der Waals surface area contributed by atoms with Crippen molar-refractivity contribution in [1.82, 2.24) is 4.90 Å². The van der Waals surface area contributed by atoms with Gasteiger partial charge in [-0.1, -0.05) is 0 Å². The first-order chi connectivity index (χ1) is 7.18. The second kappa shape index (κ2) is 4.10. The molecule has 0 aromatic carbocycles. The third kappa shape index (κ3) is 2.07. The van der Waals surface area contributed by atoms with Crippen molar-refractivity contribution in [1.29, 1.82) is 0 Å². The van der Waals surface area contributed by atoms with Crippen molar-refractivity contribution in [3.8, 4) is 0 Å². The van der Waals surface area contributed by atoms with Gasteiger partial charge in [0, 0.05) is 25.4 Å². The molecule has 5 heteroatoms. The van der Waals surface area contributed by atoms with Gasteiger partial charge in [-0.25, -0.2) is 0 Å². The average Bonchev–Trinajstić information content (AvgIpc) is 2.82. The van der Waals surface area contributed by atoms with Gasteiger partial charge in [0.15, 0.2) is 5.78 Å². The Morgan fingerprint density at radius 2 is 2.00 bits per heavy atom. The van der Waals surface area contributed by atoms with Gasteiger partial charge in [-0.2, -0.15) is 0 Å². The normalized spacial score (nSPS) is 26.4. The van der Waals surface area contributed by atoms with Crippen LogP contribution in [0.3, 0.4) is 0 Å². The Hall–Kier alpha value is -1.23. The number of ether oxygens (including phenoxy) is 1. The molecular weight excluding hydrogens is 198 g/mol. The number of imide groups is 1. The van der Waals surface area contributed by atoms with Gasteiger partial charge in [-0.3, -0.25) is 19.3 Å². The fourth-order valence-electron chi connectivity index (χ4n) is 1.87. The lowest BCUT2D eigenvalue weighted by Gasteiger charge is -2.14. The lowest BCUT2D eigenvalue weighted by molar-refractivity contribution is -0.142. The van der Waals surface area contributed by atoms with Crippen molar-refractivity contribution in [3.05, 3.63) is 0 Å². The van der Waals surface area contributed by atoms with Crippen LogP contribution in [0.25, 0.3) is 0 Å². The van der Waals surface area contributed by atoms with E-state index in [1.807, 2.05) is 0 Å². The maximum Gasteiger partial charge on any atom is 0.230 e. The van der Waals surface area contributed by atoms with Gasteiger partial charge in [0.25, 0.3) is 0 Å². The van der Waals surface area contributed by atoms with Crippen molar-refractivity contribution in [3.63, 3.8) is 0 Å². The van der Waals surface area contributed by atoms with Crippen LogP contribution in [0, 0.1) is 5.92 Å². The zero-order valence-corrected chi connectivity index (χ0v) is 8.40. The van der Waals surface area contributed by atoms with Crippen LogP contribution in [-0.2, 0) is 19.1 Å². The quantitative estimate of drug-likeness (QED) is 0.603. The van der Waals surface area contributed by atoms with Gasteiger partial charge >= 0.3 is 0 Å². The van der Waals surface area contributed by atoms with E-state index in [0.717, 1.165) is 4.90 Å². The largest absolute Gasteiger partial charge is 0.381 e. The summed E-state index contributed by atoms with van der Waals surface area (Å²) in [5.74, 6) is -0.651. The molecule has 0 aliphatic carbocycles. The average molecular weight is 211 g/mol. The standard InChI is InChI=1S/C10H13NO4/c12-8(7-3-4-15-6-7)5-11-9(13)1-2-10(11)14/h7H,1-6H2. The molecule has 2 aliphatic heterocycles. The number of carbonyl (C=O) groups excluding carboxylic acids is 3. The van der Waals surface area contributed by atoms with E-state index in [9.17, 15) is 14.4 Å². The molecule has 0 spiro atoms. The molecule has 2 heterocycles. The van der Waals surface area contributed by atoms with E-state index in [2.05, 4.69) is 0 Å². The Labute approximate surface area is 87.4 Å². The molecule has 1 atom stereocenters. The smallest absolute Gasteiger partial charge is 0.230 e. The molecule has 1 unspecified atom stereocenters. The number of ketones is 1. The van der Waals surface area contributed by atoms with E-state index in [1.165, 1.54) is 0 Å². The highest BCUT2D eigenvalue weighted by Crippen LogP contribution is 2.17. The molecule has 2 aliphatic rings. The molecular formula is C10H13NO4. The van der Waals surface area contributed by atoms with Crippen LogP contribution in [0.15, 0.2) is 0 Å². The highest BCUT2D eigenvalue weighted by Gasteiger charge is 2.33. The number of Topliss-reactive ketones (excluding diaryl/α,β-unsaturated/α-hetero) is 1. The van der Waals surface area contributed by atoms with Crippen LogP contribution in [0.5, 0.6) is 0 Å². The van der Waals surface area contributed by atoms with Gasteiger partial charge in [-0.05, 0) is 6.42 Å². The summed E-state index contributed by atoms with van der Waals surface area (Å²) >= 11 is 0. The minimum absolute atomic E-state index is 0.0592. The number of hydrogen-bond donors (Lipinski definition) is 0. The van der Waals surface area contributed by atoms with Gasteiger partial charge in [-0.15, -0.1) is 0 Å². The number of rotatable bonds is 3. The number of likely N-dealkylation sites (tertiary alicyclic amines) is 1. The van der Waals surface area contributed by atoms with E-state index in [-0.39, 0.29) is 42.9 Å². The van der Waals surface area contributed by atoms with E-state index >= 15 is 0 Å². The number of carbonyl (C=O) groups is 3. The van der Waals surface area contributed by atoms with E-state index in [4.69, 9.17) is 4.74 Å². The van der Waals surface area contributed by atoms with Crippen molar-refractivity contribution in [2.24, 2.45) is 5.92 Å². The Morgan fingerprint density at radius 1 is 1.33 bits per heavy atom. The van der Waals surface area contributed by atoms with Gasteiger partial charge in [0.2, 0.25) is 11.8 Å². The summed E-state index contributed by atoms with van der Waals surface area (Å²) in [6.45, 7) is 0.957. The minimum atomic E-state index is -0.229. The molecule has 0 bridgehead atoms. The molecule has 15 heavy (non-hydrogen) atoms. The number of amides is 2. The summed E-state index contributed by atoms with van der Waals surface area (Å²) < 4.78 is 5.09. The first-order valence-electron chi connectivity index (χ1n) is 5.12. The van der Waals surface area contributed by atoms with Crippen molar-refractivity contribution < 1.29 is 19.1 Å². The Morgan fingerprint density at radius 3 is 2.53 bits per heavy atom. The third-order valence-corrected chi connectivity index (χ3v) is 2.85. The Kier molecular flexibility index (Phi) is 2.81. The van der Waals surface area contributed by atoms with Crippen LogP contribution in [0.4, 0.5) is 0 Å². The first-order valence-corrected chi connectivity index (χ1v) is 5.12. The summed E-state index contributed by atoms with van der Waals surface area (Å²) in [4.78, 5) is 35.2. The van der Waals surface area contributed by atoms with Crippen LogP contribution < -0.4 is 0 Å². The predicted molar refractivity (Wildman–Crippen MR) is 49.9 cm³/mol. The predicted octanol–water partition coefficient (Wildman–Crippen LogP) is -0.259. The maximum absolute atomic E-state index is 11.7. The zero-order chi connectivity index (χ0) is 10.8. The van der Waals surface area contributed by atoms with Gasteiger partial charge in [0.05, 0.1) is 13.2 Å². The molecule has 0 aromatic rings. The molecule has 5 nitrogen and oxygen atoms in total. The van der Waals surface area contributed by atoms with Crippen molar-refractivity contribution in [2.45, 2.75) is 19.3 Å². The summed E-state index contributed by atoms with van der Waals surface area (Å²) in [7, 11) is 0. The highest BCUT2D eigenvalue weighted by atomic mass is 16.5. The van der Waals surface area contributed by atoms with Gasteiger partial charge < -0.3 is 4.74 Å². The first kappa shape index (κ1) is 10.3. The summed E-state index contributed by atoms with van der Waals surface area (Å²) in [5.41, 5.74) is 0.